The van der Waals surface area contributed by atoms with E-state index < -0.39 is 0 Å². The van der Waals surface area contributed by atoms with Crippen molar-refractivity contribution in [1.29, 1.82) is 0 Å². The van der Waals surface area contributed by atoms with Gasteiger partial charge in [0.2, 0.25) is 11.8 Å². The minimum Gasteiger partial charge on any atom is -0.347 e. The van der Waals surface area contributed by atoms with Gasteiger partial charge in [-0.05, 0) is 28.7 Å². The minimum absolute atomic E-state index is 0. The number of carbonyl (C=O) groups excluding carboxylic acids is 2. The van der Waals surface area contributed by atoms with Crippen molar-refractivity contribution in [3.8, 4) is 0 Å². The largest absolute Gasteiger partial charge is 0.347 e. The molecule has 5 nitrogen and oxygen atoms in total. The summed E-state index contributed by atoms with van der Waals surface area (Å²) in [6.07, 6.45) is 1.01. The van der Waals surface area contributed by atoms with Gasteiger partial charge in [-0.3, -0.25) is 9.59 Å². The lowest BCUT2D eigenvalue weighted by Crippen LogP contribution is -2.40. The van der Waals surface area contributed by atoms with Gasteiger partial charge in [-0.15, -0.1) is 12.4 Å². The Labute approximate surface area is 167 Å². The number of hydrogen-bond donors (Lipinski definition) is 2. The van der Waals surface area contributed by atoms with E-state index in [2.05, 4.69) is 19.2 Å². The standard InChI is InChI=1S/C21H29N3O2.ClH/c1-15(2)19(22)11-12-24(3)21(26)14-23-20(25)13-17-9-6-8-16-7-4-5-10-18(16)17;/h4-10,15,19H,11-14,22H2,1-3H3,(H,23,25);1H. The number of likely N-dealkylation sites (N-methyl/N-ethyl adjacent to an activating group) is 1. The van der Waals surface area contributed by atoms with Gasteiger partial charge < -0.3 is 16.0 Å². The Morgan fingerprint density at radius 3 is 2.48 bits per heavy atom. The van der Waals surface area contributed by atoms with E-state index in [1.807, 2.05) is 42.5 Å². The monoisotopic (exact) mass is 391 g/mol. The number of carbonyl (C=O) groups is 2. The Morgan fingerprint density at radius 1 is 1.11 bits per heavy atom. The molecule has 0 aliphatic rings. The van der Waals surface area contributed by atoms with Crippen molar-refractivity contribution in [2.75, 3.05) is 20.1 Å². The lowest BCUT2D eigenvalue weighted by atomic mass is 10.0. The summed E-state index contributed by atoms with van der Waals surface area (Å²) in [6.45, 7) is 4.74. The number of rotatable bonds is 8. The van der Waals surface area contributed by atoms with E-state index in [0.717, 1.165) is 22.8 Å². The van der Waals surface area contributed by atoms with Crippen LogP contribution >= 0.6 is 12.4 Å². The second-order valence-electron chi connectivity index (χ2n) is 7.10. The Kier molecular flexibility index (Phi) is 9.26. The van der Waals surface area contributed by atoms with E-state index in [9.17, 15) is 9.59 Å². The summed E-state index contributed by atoms with van der Waals surface area (Å²) in [5.74, 6) is 0.133. The van der Waals surface area contributed by atoms with Crippen molar-refractivity contribution >= 4 is 35.0 Å². The molecule has 0 saturated carbocycles. The summed E-state index contributed by atoms with van der Waals surface area (Å²) in [5, 5.41) is 4.90. The average Bonchev–Trinajstić information content (AvgIpc) is 2.64. The van der Waals surface area contributed by atoms with Crippen molar-refractivity contribution in [3.05, 3.63) is 48.0 Å². The summed E-state index contributed by atoms with van der Waals surface area (Å²) >= 11 is 0. The van der Waals surface area contributed by atoms with Gasteiger partial charge in [0.1, 0.15) is 0 Å². The number of benzene rings is 2. The second-order valence-corrected chi connectivity index (χ2v) is 7.10. The SMILES string of the molecule is CC(C)C(N)CCN(C)C(=O)CNC(=O)Cc1cccc2ccccc12.Cl. The highest BCUT2D eigenvalue weighted by atomic mass is 35.5. The molecule has 27 heavy (non-hydrogen) atoms. The molecule has 0 bridgehead atoms. The first-order valence-corrected chi connectivity index (χ1v) is 9.11. The molecule has 0 saturated heterocycles. The summed E-state index contributed by atoms with van der Waals surface area (Å²) < 4.78 is 0. The van der Waals surface area contributed by atoms with Crippen LogP contribution in [0.3, 0.4) is 0 Å². The van der Waals surface area contributed by atoms with Gasteiger partial charge in [0, 0.05) is 19.6 Å². The molecule has 2 amide bonds. The van der Waals surface area contributed by atoms with Crippen LogP contribution in [-0.4, -0.2) is 42.9 Å². The van der Waals surface area contributed by atoms with Crippen LogP contribution in [0.15, 0.2) is 42.5 Å². The third kappa shape index (κ3) is 6.85. The molecule has 3 N–H and O–H groups in total. The third-order valence-electron chi connectivity index (χ3n) is 4.75. The Hall–Kier alpha value is -2.11. The molecule has 1 atom stereocenters. The lowest BCUT2D eigenvalue weighted by molar-refractivity contribution is -0.131. The molecule has 0 heterocycles. The van der Waals surface area contributed by atoms with Crippen LogP contribution in [0.4, 0.5) is 0 Å². The first-order valence-electron chi connectivity index (χ1n) is 9.11. The molecule has 0 fully saturated rings. The van der Waals surface area contributed by atoms with Gasteiger partial charge in [-0.2, -0.15) is 0 Å². The molecular formula is C21H30ClN3O2. The highest BCUT2D eigenvalue weighted by Gasteiger charge is 2.14. The van der Waals surface area contributed by atoms with Crippen LogP contribution < -0.4 is 11.1 Å². The van der Waals surface area contributed by atoms with Crippen molar-refractivity contribution < 1.29 is 9.59 Å². The van der Waals surface area contributed by atoms with E-state index in [0.29, 0.717) is 12.5 Å². The van der Waals surface area contributed by atoms with Gasteiger partial charge >= 0.3 is 0 Å². The zero-order valence-corrected chi connectivity index (χ0v) is 17.1. The predicted octanol–water partition coefficient (Wildman–Crippen LogP) is 2.75. The Balaban J connectivity index is 0.00000364. The fourth-order valence-electron chi connectivity index (χ4n) is 2.79. The van der Waals surface area contributed by atoms with Crippen LogP contribution in [0.5, 0.6) is 0 Å². The van der Waals surface area contributed by atoms with E-state index in [-0.39, 0.29) is 43.2 Å². The maximum absolute atomic E-state index is 12.2. The number of amides is 2. The van der Waals surface area contributed by atoms with Gasteiger partial charge in [0.15, 0.2) is 0 Å². The number of nitrogens with one attached hydrogen (secondary N) is 1. The van der Waals surface area contributed by atoms with Crippen LogP contribution in [0.2, 0.25) is 0 Å². The summed E-state index contributed by atoms with van der Waals surface area (Å²) in [7, 11) is 1.74. The van der Waals surface area contributed by atoms with Crippen molar-refractivity contribution in [2.45, 2.75) is 32.7 Å². The van der Waals surface area contributed by atoms with Gasteiger partial charge in [0.25, 0.3) is 0 Å². The molecule has 2 aromatic rings. The van der Waals surface area contributed by atoms with Gasteiger partial charge in [0.05, 0.1) is 13.0 Å². The van der Waals surface area contributed by atoms with Crippen LogP contribution in [0.1, 0.15) is 25.8 Å². The maximum atomic E-state index is 12.2. The molecule has 0 spiro atoms. The summed E-state index contributed by atoms with van der Waals surface area (Å²) in [5.41, 5.74) is 6.97. The molecule has 148 valence electrons. The zero-order valence-electron chi connectivity index (χ0n) is 16.3. The highest BCUT2D eigenvalue weighted by Crippen LogP contribution is 2.18. The van der Waals surface area contributed by atoms with Crippen LogP contribution in [-0.2, 0) is 16.0 Å². The number of hydrogen-bond acceptors (Lipinski definition) is 3. The van der Waals surface area contributed by atoms with E-state index >= 15 is 0 Å². The van der Waals surface area contributed by atoms with Crippen LogP contribution in [0, 0.1) is 5.92 Å². The topological polar surface area (TPSA) is 75.4 Å². The fraction of sp³-hybridized carbons (Fsp3) is 0.429. The molecule has 6 heteroatoms. The normalized spacial score (nSPS) is 11.7. The highest BCUT2D eigenvalue weighted by molar-refractivity contribution is 5.91. The molecule has 0 aliphatic heterocycles. The molecular weight excluding hydrogens is 362 g/mol. The third-order valence-corrected chi connectivity index (χ3v) is 4.75. The Morgan fingerprint density at radius 2 is 1.78 bits per heavy atom. The number of nitrogens with zero attached hydrogens (tertiary/aromatic N) is 1. The van der Waals surface area contributed by atoms with E-state index in [1.54, 1.807) is 11.9 Å². The Bertz CT molecular complexity index is 759. The first-order chi connectivity index (χ1) is 12.4. The first kappa shape index (κ1) is 22.9. The maximum Gasteiger partial charge on any atom is 0.241 e. The molecule has 0 aromatic heterocycles. The van der Waals surface area contributed by atoms with Crippen molar-refractivity contribution in [1.82, 2.24) is 10.2 Å². The predicted molar refractivity (Wildman–Crippen MR) is 113 cm³/mol. The quantitative estimate of drug-likeness (QED) is 0.726. The lowest BCUT2D eigenvalue weighted by Gasteiger charge is -2.21. The van der Waals surface area contributed by atoms with Gasteiger partial charge in [-0.25, -0.2) is 0 Å². The van der Waals surface area contributed by atoms with Crippen molar-refractivity contribution in [2.24, 2.45) is 11.7 Å². The molecule has 0 radical (unpaired) electrons. The average molecular weight is 392 g/mol. The smallest absolute Gasteiger partial charge is 0.241 e. The molecule has 0 aliphatic carbocycles. The second kappa shape index (κ2) is 10.9. The minimum atomic E-state index is -0.151. The molecule has 2 aromatic carbocycles. The summed E-state index contributed by atoms with van der Waals surface area (Å²) in [6, 6.07) is 14.0. The zero-order chi connectivity index (χ0) is 19.1. The van der Waals surface area contributed by atoms with E-state index in [4.69, 9.17) is 5.73 Å². The number of nitrogens with two attached hydrogens (primary N) is 1. The summed E-state index contributed by atoms with van der Waals surface area (Å²) in [4.78, 5) is 26.0. The number of halogens is 1. The molecule has 1 unspecified atom stereocenters. The van der Waals surface area contributed by atoms with Crippen LogP contribution in [0.25, 0.3) is 10.8 Å². The van der Waals surface area contributed by atoms with E-state index in [1.165, 1.54) is 0 Å². The fourth-order valence-corrected chi connectivity index (χ4v) is 2.79. The van der Waals surface area contributed by atoms with Gasteiger partial charge in [-0.1, -0.05) is 56.3 Å². The van der Waals surface area contributed by atoms with Crippen molar-refractivity contribution in [3.63, 3.8) is 0 Å². The number of fused-ring (bicyclic) bond motifs is 1. The molecule has 2 rings (SSSR count).